The molecule has 0 aliphatic heterocycles. The maximum atomic E-state index is 12.9. The summed E-state index contributed by atoms with van der Waals surface area (Å²) in [7, 11) is 0. The summed E-state index contributed by atoms with van der Waals surface area (Å²) in [6.45, 7) is 6.65. The quantitative estimate of drug-likeness (QED) is 0.0199. The fourth-order valence-electron chi connectivity index (χ4n) is 8.84. The van der Waals surface area contributed by atoms with Gasteiger partial charge in [-0.3, -0.25) is 14.4 Å². The van der Waals surface area contributed by atoms with E-state index in [1.54, 1.807) is 0 Å². The van der Waals surface area contributed by atoms with Crippen molar-refractivity contribution in [2.24, 2.45) is 0 Å². The van der Waals surface area contributed by atoms with Crippen molar-refractivity contribution >= 4 is 17.9 Å². The maximum Gasteiger partial charge on any atom is 0.306 e. The molecule has 0 amide bonds. The zero-order valence-corrected chi connectivity index (χ0v) is 45.6. The molecule has 0 fully saturated rings. The Kier molecular flexibility index (Phi) is 55.2. The lowest BCUT2D eigenvalue weighted by Gasteiger charge is -2.18. The Balaban J connectivity index is 4.33. The molecule has 0 aromatic rings. The highest BCUT2D eigenvalue weighted by Crippen LogP contribution is 2.16. The third-order valence-electron chi connectivity index (χ3n) is 13.4. The van der Waals surface area contributed by atoms with Gasteiger partial charge in [0.15, 0.2) is 6.10 Å². The van der Waals surface area contributed by atoms with Gasteiger partial charge in [-0.15, -0.1) is 0 Å². The van der Waals surface area contributed by atoms with Crippen molar-refractivity contribution in [3.63, 3.8) is 0 Å². The maximum absolute atomic E-state index is 12.9. The lowest BCUT2D eigenvalue weighted by Crippen LogP contribution is -2.30. The number of hydrogen-bond acceptors (Lipinski definition) is 6. The van der Waals surface area contributed by atoms with Crippen LogP contribution in [0.5, 0.6) is 0 Å². The van der Waals surface area contributed by atoms with Gasteiger partial charge in [0, 0.05) is 19.3 Å². The second kappa shape index (κ2) is 57.2. The fraction of sp³-hybridized carbons (Fsp3) is 0.855. The molecule has 0 rings (SSSR count). The predicted octanol–water partition coefficient (Wildman–Crippen LogP) is 20.0. The lowest BCUT2D eigenvalue weighted by atomic mass is 10.0. The molecule has 0 aliphatic carbocycles. The molecule has 1 unspecified atom stereocenters. The van der Waals surface area contributed by atoms with Gasteiger partial charge in [-0.1, -0.05) is 269 Å². The third kappa shape index (κ3) is 54.6. The number of allylic oxidation sites excluding steroid dienone is 6. The van der Waals surface area contributed by atoms with Crippen LogP contribution >= 0.6 is 0 Å². The van der Waals surface area contributed by atoms with Crippen LogP contribution in [0.1, 0.15) is 323 Å². The first kappa shape index (κ1) is 65.6. The highest BCUT2D eigenvalue weighted by atomic mass is 16.6. The van der Waals surface area contributed by atoms with Crippen LogP contribution in [0, 0.1) is 0 Å². The van der Waals surface area contributed by atoms with Crippen LogP contribution < -0.4 is 0 Å². The molecule has 0 N–H and O–H groups in total. The van der Waals surface area contributed by atoms with Crippen LogP contribution in [0.2, 0.25) is 0 Å². The molecule has 0 saturated heterocycles. The SMILES string of the molecule is CCCCC/C=C\C=C/CCCCCCCCCCCCC(=O)OCC(COC(=O)CCCCCCCCCCCCCCC)OC(=O)CCCCCCC/C=C\CCCCCCCCCCC. The Bertz CT molecular complexity index is 1140. The smallest absolute Gasteiger partial charge is 0.306 e. The summed E-state index contributed by atoms with van der Waals surface area (Å²) in [4.78, 5) is 38.2. The molecule has 398 valence electrons. The average Bonchev–Trinajstić information content (AvgIpc) is 3.34. The van der Waals surface area contributed by atoms with Gasteiger partial charge in [0.05, 0.1) is 0 Å². The van der Waals surface area contributed by atoms with Gasteiger partial charge >= 0.3 is 17.9 Å². The van der Waals surface area contributed by atoms with Crippen molar-refractivity contribution in [3.8, 4) is 0 Å². The van der Waals surface area contributed by atoms with Crippen molar-refractivity contribution in [2.75, 3.05) is 13.2 Å². The number of rotatable bonds is 55. The predicted molar refractivity (Wildman–Crippen MR) is 293 cm³/mol. The van der Waals surface area contributed by atoms with E-state index in [-0.39, 0.29) is 31.1 Å². The molecule has 6 heteroatoms. The van der Waals surface area contributed by atoms with E-state index in [2.05, 4.69) is 57.2 Å². The number of carbonyl (C=O) groups is 3. The number of hydrogen-bond donors (Lipinski definition) is 0. The van der Waals surface area contributed by atoms with Crippen LogP contribution in [0.25, 0.3) is 0 Å². The first-order valence-electron chi connectivity index (χ1n) is 30.0. The van der Waals surface area contributed by atoms with Crippen molar-refractivity contribution in [3.05, 3.63) is 36.5 Å². The summed E-state index contributed by atoms with van der Waals surface area (Å²) in [5.74, 6) is -0.865. The molecule has 0 heterocycles. The van der Waals surface area contributed by atoms with Gasteiger partial charge in [-0.2, -0.15) is 0 Å². The Morgan fingerprint density at radius 1 is 0.294 bits per heavy atom. The highest BCUT2D eigenvalue weighted by Gasteiger charge is 2.19. The van der Waals surface area contributed by atoms with Gasteiger partial charge in [-0.05, 0) is 70.6 Å². The summed E-state index contributed by atoms with van der Waals surface area (Å²) >= 11 is 0. The highest BCUT2D eigenvalue weighted by molar-refractivity contribution is 5.71. The van der Waals surface area contributed by atoms with Crippen LogP contribution in [0.15, 0.2) is 36.5 Å². The molecule has 0 bridgehead atoms. The van der Waals surface area contributed by atoms with Gasteiger partial charge in [-0.25, -0.2) is 0 Å². The molecule has 68 heavy (non-hydrogen) atoms. The van der Waals surface area contributed by atoms with E-state index in [1.165, 1.54) is 218 Å². The molecule has 0 radical (unpaired) electrons. The summed E-state index contributed by atoms with van der Waals surface area (Å²) in [6, 6.07) is 0. The Labute approximate surface area is 423 Å². The van der Waals surface area contributed by atoms with Crippen molar-refractivity contribution < 1.29 is 28.6 Å². The Morgan fingerprint density at radius 3 is 0.853 bits per heavy atom. The first-order chi connectivity index (χ1) is 33.5. The van der Waals surface area contributed by atoms with Crippen molar-refractivity contribution in [1.29, 1.82) is 0 Å². The molecule has 0 aromatic carbocycles. The zero-order chi connectivity index (χ0) is 49.3. The molecule has 1 atom stereocenters. The molecule has 6 nitrogen and oxygen atoms in total. The number of ether oxygens (including phenoxy) is 3. The van der Waals surface area contributed by atoms with E-state index < -0.39 is 6.10 Å². The van der Waals surface area contributed by atoms with E-state index in [9.17, 15) is 14.4 Å². The summed E-state index contributed by atoms with van der Waals surface area (Å²) in [5, 5.41) is 0. The van der Waals surface area contributed by atoms with E-state index in [1.807, 2.05) is 0 Å². The van der Waals surface area contributed by atoms with Crippen LogP contribution in [0.4, 0.5) is 0 Å². The fourth-order valence-corrected chi connectivity index (χ4v) is 8.84. The largest absolute Gasteiger partial charge is 0.462 e. The van der Waals surface area contributed by atoms with Gasteiger partial charge in [0.2, 0.25) is 0 Å². The monoisotopic (exact) mass is 955 g/mol. The van der Waals surface area contributed by atoms with E-state index in [0.29, 0.717) is 19.3 Å². The molecular formula is C62H114O6. The van der Waals surface area contributed by atoms with Crippen LogP contribution in [-0.2, 0) is 28.6 Å². The number of unbranched alkanes of at least 4 members (excludes halogenated alkanes) is 39. The topological polar surface area (TPSA) is 78.9 Å². The van der Waals surface area contributed by atoms with Crippen LogP contribution in [-0.4, -0.2) is 37.2 Å². The van der Waals surface area contributed by atoms with Crippen molar-refractivity contribution in [1.82, 2.24) is 0 Å². The minimum atomic E-state index is -0.775. The standard InChI is InChI=1S/C62H114O6/c1-4-7-10-13-16-19-22-25-27-29-31-33-34-37-40-43-46-49-52-55-61(64)67-58-59(57-66-60(63)54-51-48-45-42-39-36-24-21-18-15-12-9-6-3)68-62(65)56-53-50-47-44-41-38-35-32-30-28-26-23-20-17-14-11-8-5-2/h16,19,22,25,32,35,59H,4-15,17-18,20-21,23-24,26-31,33-34,36-58H2,1-3H3/b19-16-,25-22-,35-32-. The second-order valence-corrected chi connectivity index (χ2v) is 20.3. The average molecular weight is 956 g/mol. The lowest BCUT2D eigenvalue weighted by molar-refractivity contribution is -0.167. The van der Waals surface area contributed by atoms with E-state index in [4.69, 9.17) is 14.2 Å². The summed E-state index contributed by atoms with van der Waals surface area (Å²) in [5.41, 5.74) is 0. The summed E-state index contributed by atoms with van der Waals surface area (Å²) < 4.78 is 16.9. The Hall–Kier alpha value is -2.37. The van der Waals surface area contributed by atoms with Crippen molar-refractivity contribution in [2.45, 2.75) is 329 Å². The number of carbonyl (C=O) groups excluding carboxylic acids is 3. The first-order valence-corrected chi connectivity index (χ1v) is 30.0. The third-order valence-corrected chi connectivity index (χ3v) is 13.4. The van der Waals surface area contributed by atoms with E-state index in [0.717, 1.165) is 64.2 Å². The number of esters is 3. The molecule has 0 saturated carbocycles. The van der Waals surface area contributed by atoms with Gasteiger partial charge in [0.1, 0.15) is 13.2 Å². The normalized spacial score (nSPS) is 12.2. The minimum absolute atomic E-state index is 0.0726. The second-order valence-electron chi connectivity index (χ2n) is 20.3. The van der Waals surface area contributed by atoms with Gasteiger partial charge in [0.25, 0.3) is 0 Å². The molecule has 0 spiro atoms. The summed E-state index contributed by atoms with van der Waals surface area (Å²) in [6.07, 6.45) is 68.5. The molecule has 0 aliphatic rings. The van der Waals surface area contributed by atoms with Crippen LogP contribution in [0.3, 0.4) is 0 Å². The Morgan fingerprint density at radius 2 is 0.529 bits per heavy atom. The van der Waals surface area contributed by atoms with Gasteiger partial charge < -0.3 is 14.2 Å². The zero-order valence-electron chi connectivity index (χ0n) is 45.6. The van der Waals surface area contributed by atoms with E-state index >= 15 is 0 Å². The minimum Gasteiger partial charge on any atom is -0.462 e. The molecular weight excluding hydrogens is 841 g/mol. The molecule has 0 aromatic heterocycles.